The van der Waals surface area contributed by atoms with Gasteiger partial charge in [-0.15, -0.1) is 0 Å². The lowest BCUT2D eigenvalue weighted by Gasteiger charge is -2.33. The largest absolute Gasteiger partial charge is 0.353 e. The topological polar surface area (TPSA) is 57.3 Å². The minimum atomic E-state index is 0.167. The maximum absolute atomic E-state index is 12.3. The molecule has 3 rings (SSSR count). The highest BCUT2D eigenvalue weighted by atomic mass is 16.2. The molecule has 0 spiro atoms. The summed E-state index contributed by atoms with van der Waals surface area (Å²) in [7, 11) is 0. The number of likely N-dealkylation sites (tertiary alicyclic amines) is 1. The van der Waals surface area contributed by atoms with E-state index in [1.165, 1.54) is 0 Å². The van der Waals surface area contributed by atoms with Crippen molar-refractivity contribution in [3.8, 4) is 0 Å². The maximum atomic E-state index is 12.3. The molecular weight excluding hydrogens is 276 g/mol. The lowest BCUT2D eigenvalue weighted by atomic mass is 9.97. The average molecular weight is 302 g/mol. The monoisotopic (exact) mass is 302 g/mol. The number of pyridine rings is 1. The number of rotatable bonds is 4. The smallest absolute Gasteiger partial charge is 0.224 e. The highest BCUT2D eigenvalue weighted by Gasteiger charge is 2.25. The van der Waals surface area contributed by atoms with Crippen LogP contribution in [0.25, 0.3) is 0 Å². The van der Waals surface area contributed by atoms with Crippen LogP contribution >= 0.6 is 0 Å². The van der Waals surface area contributed by atoms with Gasteiger partial charge in [0.1, 0.15) is 0 Å². The summed E-state index contributed by atoms with van der Waals surface area (Å²) in [6.07, 6.45) is 6.07. The van der Waals surface area contributed by atoms with Gasteiger partial charge >= 0.3 is 0 Å². The van der Waals surface area contributed by atoms with Gasteiger partial charge in [0, 0.05) is 38.4 Å². The van der Waals surface area contributed by atoms with Crippen LogP contribution in [0.15, 0.2) is 24.4 Å². The summed E-state index contributed by atoms with van der Waals surface area (Å²) in [5.74, 6) is 0.413. The predicted octanol–water partition coefficient (Wildman–Crippen LogP) is 1.16. The van der Waals surface area contributed by atoms with Gasteiger partial charge < -0.3 is 10.6 Å². The number of nitrogens with zero attached hydrogens (tertiary/aromatic N) is 2. The summed E-state index contributed by atoms with van der Waals surface area (Å²) in [5, 5.41) is 6.56. The van der Waals surface area contributed by atoms with E-state index in [1.54, 1.807) is 0 Å². The van der Waals surface area contributed by atoms with Crippen molar-refractivity contribution in [2.45, 2.75) is 38.3 Å². The minimum absolute atomic E-state index is 0.167. The second-order valence-electron chi connectivity index (χ2n) is 6.42. The van der Waals surface area contributed by atoms with Gasteiger partial charge in [-0.25, -0.2) is 0 Å². The Morgan fingerprint density at radius 1 is 1.32 bits per heavy atom. The molecule has 0 bridgehead atoms. The number of hydrogen-bond acceptors (Lipinski definition) is 4. The molecule has 5 heteroatoms. The van der Waals surface area contributed by atoms with Gasteiger partial charge in [0.15, 0.2) is 0 Å². The highest BCUT2D eigenvalue weighted by Crippen LogP contribution is 2.15. The van der Waals surface area contributed by atoms with Crippen molar-refractivity contribution in [2.24, 2.45) is 5.92 Å². The Bertz CT molecular complexity index is 465. The van der Waals surface area contributed by atoms with Crippen LogP contribution in [0.5, 0.6) is 0 Å². The molecule has 2 fully saturated rings. The first kappa shape index (κ1) is 15.4. The SMILES string of the molecule is O=C(NC1CCN(Cc2ccccn2)CC1)C1CCCNC1. The number of amides is 1. The molecule has 1 amide bonds. The molecule has 1 aromatic rings. The van der Waals surface area contributed by atoms with Gasteiger partial charge in [0.2, 0.25) is 5.91 Å². The van der Waals surface area contributed by atoms with Crippen molar-refractivity contribution in [1.29, 1.82) is 0 Å². The highest BCUT2D eigenvalue weighted by molar-refractivity contribution is 5.79. The Labute approximate surface area is 132 Å². The summed E-state index contributed by atoms with van der Waals surface area (Å²) in [4.78, 5) is 19.1. The van der Waals surface area contributed by atoms with Crippen LogP contribution < -0.4 is 10.6 Å². The molecule has 1 atom stereocenters. The second-order valence-corrected chi connectivity index (χ2v) is 6.42. The molecule has 2 aliphatic heterocycles. The van der Waals surface area contributed by atoms with Crippen LogP contribution in [0.3, 0.4) is 0 Å². The summed E-state index contributed by atoms with van der Waals surface area (Å²) < 4.78 is 0. The van der Waals surface area contributed by atoms with E-state index in [-0.39, 0.29) is 11.8 Å². The van der Waals surface area contributed by atoms with Crippen LogP contribution in [0.1, 0.15) is 31.4 Å². The summed E-state index contributed by atoms with van der Waals surface area (Å²) in [6.45, 7) is 4.86. The Morgan fingerprint density at radius 2 is 2.18 bits per heavy atom. The third-order valence-corrected chi connectivity index (χ3v) is 4.71. The van der Waals surface area contributed by atoms with E-state index in [9.17, 15) is 4.79 Å². The van der Waals surface area contributed by atoms with E-state index in [0.717, 1.165) is 64.1 Å². The van der Waals surface area contributed by atoms with Crippen molar-refractivity contribution in [1.82, 2.24) is 20.5 Å². The molecule has 120 valence electrons. The molecule has 1 aromatic heterocycles. The first-order chi connectivity index (χ1) is 10.8. The van der Waals surface area contributed by atoms with E-state index < -0.39 is 0 Å². The van der Waals surface area contributed by atoms with Crippen molar-refractivity contribution in [2.75, 3.05) is 26.2 Å². The zero-order valence-electron chi connectivity index (χ0n) is 13.1. The van der Waals surface area contributed by atoms with Crippen LogP contribution in [0.4, 0.5) is 0 Å². The van der Waals surface area contributed by atoms with E-state index >= 15 is 0 Å². The zero-order valence-corrected chi connectivity index (χ0v) is 13.1. The minimum Gasteiger partial charge on any atom is -0.353 e. The molecule has 0 aromatic carbocycles. The van der Waals surface area contributed by atoms with Crippen LogP contribution in [0.2, 0.25) is 0 Å². The average Bonchev–Trinajstić information content (AvgIpc) is 2.58. The molecular formula is C17H26N4O. The quantitative estimate of drug-likeness (QED) is 0.876. The number of carbonyl (C=O) groups is 1. The van der Waals surface area contributed by atoms with Gasteiger partial charge in [0.25, 0.3) is 0 Å². The fourth-order valence-electron chi connectivity index (χ4n) is 3.35. The Balaban J connectivity index is 1.40. The van der Waals surface area contributed by atoms with Gasteiger partial charge in [-0.1, -0.05) is 6.07 Å². The first-order valence-corrected chi connectivity index (χ1v) is 8.44. The molecule has 3 heterocycles. The number of nitrogens with one attached hydrogen (secondary N) is 2. The summed E-state index contributed by atoms with van der Waals surface area (Å²) >= 11 is 0. The maximum Gasteiger partial charge on any atom is 0.224 e. The molecule has 1 unspecified atom stereocenters. The molecule has 2 aliphatic rings. The van der Waals surface area contributed by atoms with Crippen molar-refractivity contribution in [3.63, 3.8) is 0 Å². The Morgan fingerprint density at radius 3 is 2.86 bits per heavy atom. The first-order valence-electron chi connectivity index (χ1n) is 8.44. The third kappa shape index (κ3) is 4.27. The second kappa shape index (κ2) is 7.70. The molecule has 0 saturated carbocycles. The fourth-order valence-corrected chi connectivity index (χ4v) is 3.35. The Kier molecular flexibility index (Phi) is 5.40. The summed E-state index contributed by atoms with van der Waals surface area (Å²) in [6, 6.07) is 6.40. The number of hydrogen-bond donors (Lipinski definition) is 2. The number of carbonyl (C=O) groups excluding carboxylic acids is 1. The zero-order chi connectivity index (χ0) is 15.2. The van der Waals surface area contributed by atoms with Gasteiger partial charge in [0.05, 0.1) is 11.6 Å². The lowest BCUT2D eigenvalue weighted by molar-refractivity contribution is -0.126. The molecule has 5 nitrogen and oxygen atoms in total. The molecule has 2 N–H and O–H groups in total. The van der Waals surface area contributed by atoms with E-state index in [4.69, 9.17) is 0 Å². The van der Waals surface area contributed by atoms with Crippen molar-refractivity contribution in [3.05, 3.63) is 30.1 Å². The predicted molar refractivity (Wildman–Crippen MR) is 86.3 cm³/mol. The molecule has 0 aliphatic carbocycles. The fraction of sp³-hybridized carbons (Fsp3) is 0.647. The van der Waals surface area contributed by atoms with E-state index in [2.05, 4.69) is 26.6 Å². The van der Waals surface area contributed by atoms with Crippen LogP contribution in [0, 0.1) is 5.92 Å². The van der Waals surface area contributed by atoms with Crippen LogP contribution in [-0.2, 0) is 11.3 Å². The lowest BCUT2D eigenvalue weighted by Crippen LogP contribution is -2.48. The standard InChI is InChI=1S/C17H26N4O/c22-17(14-4-3-8-18-12-14)20-15-6-10-21(11-7-15)13-16-5-1-2-9-19-16/h1-2,5,9,14-15,18H,3-4,6-8,10-13H2,(H,20,22). The normalized spacial score (nSPS) is 24.1. The van der Waals surface area contributed by atoms with Crippen molar-refractivity contribution >= 4 is 5.91 Å². The summed E-state index contributed by atoms with van der Waals surface area (Å²) in [5.41, 5.74) is 1.12. The van der Waals surface area contributed by atoms with E-state index in [1.807, 2.05) is 18.3 Å². The van der Waals surface area contributed by atoms with Gasteiger partial charge in [-0.05, 0) is 44.4 Å². The van der Waals surface area contributed by atoms with Gasteiger partial charge in [-0.2, -0.15) is 0 Å². The van der Waals surface area contributed by atoms with Crippen LogP contribution in [-0.4, -0.2) is 48.0 Å². The number of aromatic nitrogens is 1. The molecule has 2 saturated heterocycles. The van der Waals surface area contributed by atoms with E-state index in [0.29, 0.717) is 6.04 Å². The number of piperidine rings is 2. The third-order valence-electron chi connectivity index (χ3n) is 4.71. The van der Waals surface area contributed by atoms with Crippen molar-refractivity contribution < 1.29 is 4.79 Å². The Hall–Kier alpha value is -1.46. The molecule has 22 heavy (non-hydrogen) atoms. The van der Waals surface area contributed by atoms with Gasteiger partial charge in [-0.3, -0.25) is 14.7 Å². The molecule has 0 radical (unpaired) electrons.